The van der Waals surface area contributed by atoms with Crippen LogP contribution in [0, 0.1) is 5.82 Å². The molecule has 1 saturated heterocycles. The van der Waals surface area contributed by atoms with Gasteiger partial charge in [0.2, 0.25) is 0 Å². The molecule has 0 N–H and O–H groups in total. The summed E-state index contributed by atoms with van der Waals surface area (Å²) in [6.45, 7) is 7.71. The zero-order chi connectivity index (χ0) is 16.3. The monoisotopic (exact) mass is 311 g/mol. The van der Waals surface area contributed by atoms with E-state index < -0.39 is 11.4 Å². The Kier molecular flexibility index (Phi) is 4.73. The van der Waals surface area contributed by atoms with E-state index in [1.165, 1.54) is 19.4 Å². The number of anilines is 1. The van der Waals surface area contributed by atoms with E-state index in [0.29, 0.717) is 32.0 Å². The third kappa shape index (κ3) is 3.99. The van der Waals surface area contributed by atoms with E-state index in [0.717, 1.165) is 0 Å². The molecule has 0 aliphatic carbocycles. The summed E-state index contributed by atoms with van der Waals surface area (Å²) in [5.41, 5.74) is -0.505. The van der Waals surface area contributed by atoms with E-state index in [2.05, 4.69) is 4.98 Å². The quantitative estimate of drug-likeness (QED) is 0.839. The zero-order valence-electron chi connectivity index (χ0n) is 13.4. The Hall–Kier alpha value is -2.05. The lowest BCUT2D eigenvalue weighted by molar-refractivity contribution is 0.0240. The molecule has 122 valence electrons. The van der Waals surface area contributed by atoms with Crippen LogP contribution in [0.2, 0.25) is 0 Å². The Labute approximate surface area is 129 Å². The minimum atomic E-state index is -0.505. The molecule has 2 rings (SSSR count). The molecule has 6 nitrogen and oxygen atoms in total. The number of hydrogen-bond acceptors (Lipinski definition) is 5. The first kappa shape index (κ1) is 16.3. The first-order valence-corrected chi connectivity index (χ1v) is 7.22. The van der Waals surface area contributed by atoms with Crippen LogP contribution in [-0.4, -0.2) is 54.9 Å². The van der Waals surface area contributed by atoms with Crippen LogP contribution in [0.25, 0.3) is 0 Å². The van der Waals surface area contributed by atoms with Crippen LogP contribution in [0.4, 0.5) is 15.0 Å². The van der Waals surface area contributed by atoms with Gasteiger partial charge in [0.25, 0.3) is 0 Å². The molecule has 0 unspecified atom stereocenters. The van der Waals surface area contributed by atoms with Gasteiger partial charge >= 0.3 is 6.09 Å². The van der Waals surface area contributed by atoms with Gasteiger partial charge in [-0.1, -0.05) is 0 Å². The topological polar surface area (TPSA) is 54.9 Å². The molecule has 0 radical (unpaired) electrons. The lowest BCUT2D eigenvalue weighted by atomic mass is 10.2. The Balaban J connectivity index is 1.94. The average Bonchev–Trinajstić information content (AvgIpc) is 2.45. The predicted octanol–water partition coefficient (Wildman–Crippen LogP) is 2.29. The van der Waals surface area contributed by atoms with Crippen molar-refractivity contribution >= 4 is 11.9 Å². The number of pyridine rings is 1. The second kappa shape index (κ2) is 6.37. The molecule has 2 heterocycles. The van der Waals surface area contributed by atoms with Gasteiger partial charge in [-0.3, -0.25) is 0 Å². The van der Waals surface area contributed by atoms with Crippen LogP contribution in [0.1, 0.15) is 20.8 Å². The number of aromatic nitrogens is 1. The van der Waals surface area contributed by atoms with Crippen LogP contribution < -0.4 is 9.64 Å². The van der Waals surface area contributed by atoms with Gasteiger partial charge in [0.05, 0.1) is 13.3 Å². The molecule has 1 fully saturated rings. The van der Waals surface area contributed by atoms with E-state index in [9.17, 15) is 9.18 Å². The van der Waals surface area contributed by atoms with Crippen LogP contribution >= 0.6 is 0 Å². The highest BCUT2D eigenvalue weighted by atomic mass is 19.1. The fourth-order valence-electron chi connectivity index (χ4n) is 2.18. The van der Waals surface area contributed by atoms with Crippen molar-refractivity contribution in [1.29, 1.82) is 0 Å². The van der Waals surface area contributed by atoms with Crippen LogP contribution in [0.15, 0.2) is 12.3 Å². The van der Waals surface area contributed by atoms with E-state index in [1.54, 1.807) is 4.90 Å². The summed E-state index contributed by atoms with van der Waals surface area (Å²) in [5, 5.41) is 0. The van der Waals surface area contributed by atoms with E-state index in [4.69, 9.17) is 9.47 Å². The van der Waals surface area contributed by atoms with E-state index >= 15 is 0 Å². The zero-order valence-corrected chi connectivity index (χ0v) is 13.4. The van der Waals surface area contributed by atoms with Gasteiger partial charge in [-0.05, 0) is 20.8 Å². The van der Waals surface area contributed by atoms with Gasteiger partial charge in [-0.2, -0.15) is 0 Å². The highest BCUT2D eigenvalue weighted by molar-refractivity contribution is 5.68. The number of hydrogen-bond donors (Lipinski definition) is 0. The molecule has 0 saturated carbocycles. The largest absolute Gasteiger partial charge is 0.492 e. The first-order chi connectivity index (χ1) is 10.3. The van der Waals surface area contributed by atoms with Gasteiger partial charge in [0, 0.05) is 32.2 Å². The maximum atomic E-state index is 13.7. The molecule has 1 aromatic rings. The lowest BCUT2D eigenvalue weighted by Crippen LogP contribution is -2.50. The molecular weight excluding hydrogens is 289 g/mol. The normalized spacial score (nSPS) is 15.7. The maximum absolute atomic E-state index is 13.7. The Morgan fingerprint density at radius 1 is 1.27 bits per heavy atom. The van der Waals surface area contributed by atoms with E-state index in [1.807, 2.05) is 25.7 Å². The summed E-state index contributed by atoms with van der Waals surface area (Å²) in [7, 11) is 1.40. The fraction of sp³-hybridized carbons (Fsp3) is 0.600. The van der Waals surface area contributed by atoms with Crippen molar-refractivity contribution in [3.05, 3.63) is 18.1 Å². The predicted molar refractivity (Wildman–Crippen MR) is 80.8 cm³/mol. The number of amides is 1. The first-order valence-electron chi connectivity index (χ1n) is 7.22. The van der Waals surface area contributed by atoms with Gasteiger partial charge in [-0.25, -0.2) is 14.2 Å². The molecule has 1 aliphatic heterocycles. The minimum Gasteiger partial charge on any atom is -0.492 e. The van der Waals surface area contributed by atoms with E-state index in [-0.39, 0.29) is 11.8 Å². The molecule has 1 amide bonds. The number of halogens is 1. The van der Waals surface area contributed by atoms with Crippen molar-refractivity contribution < 1.29 is 18.7 Å². The van der Waals surface area contributed by atoms with Crippen molar-refractivity contribution in [2.75, 3.05) is 38.2 Å². The molecule has 0 aromatic carbocycles. The molecule has 1 aliphatic rings. The lowest BCUT2D eigenvalue weighted by Gasteiger charge is -2.36. The van der Waals surface area contributed by atoms with Crippen molar-refractivity contribution in [2.24, 2.45) is 0 Å². The van der Waals surface area contributed by atoms with Crippen LogP contribution in [0.3, 0.4) is 0 Å². The second-order valence-electron chi connectivity index (χ2n) is 6.13. The molecule has 1 aromatic heterocycles. The molecule has 7 heteroatoms. The summed E-state index contributed by atoms with van der Waals surface area (Å²) < 4.78 is 23.9. The number of carbonyl (C=O) groups excluding carboxylic acids is 1. The summed E-state index contributed by atoms with van der Waals surface area (Å²) in [6, 6.07) is 1.35. The van der Waals surface area contributed by atoms with Crippen molar-refractivity contribution in [3.8, 4) is 5.75 Å². The second-order valence-corrected chi connectivity index (χ2v) is 6.13. The third-order valence-corrected chi connectivity index (χ3v) is 3.28. The maximum Gasteiger partial charge on any atom is 0.410 e. The summed E-state index contributed by atoms with van der Waals surface area (Å²) in [4.78, 5) is 19.8. The van der Waals surface area contributed by atoms with Crippen molar-refractivity contribution in [1.82, 2.24) is 9.88 Å². The van der Waals surface area contributed by atoms with Gasteiger partial charge in [-0.15, -0.1) is 0 Å². The van der Waals surface area contributed by atoms with Crippen LogP contribution in [0.5, 0.6) is 5.75 Å². The SMILES string of the molecule is COc1cnc(N2CCN(C(=O)OC(C)(C)C)CC2)cc1F. The smallest absolute Gasteiger partial charge is 0.410 e. The highest BCUT2D eigenvalue weighted by Crippen LogP contribution is 2.21. The van der Waals surface area contributed by atoms with Crippen molar-refractivity contribution in [2.45, 2.75) is 26.4 Å². The summed E-state index contributed by atoms with van der Waals surface area (Å²) in [6.07, 6.45) is 1.05. The highest BCUT2D eigenvalue weighted by Gasteiger charge is 2.26. The number of piperazine rings is 1. The molecule has 0 spiro atoms. The number of carbonyl (C=O) groups is 1. The average molecular weight is 311 g/mol. The number of rotatable bonds is 2. The van der Waals surface area contributed by atoms with Gasteiger partial charge < -0.3 is 19.3 Å². The Morgan fingerprint density at radius 2 is 1.91 bits per heavy atom. The third-order valence-electron chi connectivity index (χ3n) is 3.28. The minimum absolute atomic E-state index is 0.121. The number of ether oxygens (including phenoxy) is 2. The van der Waals surface area contributed by atoms with Gasteiger partial charge in [0.15, 0.2) is 11.6 Å². The number of nitrogens with zero attached hydrogens (tertiary/aromatic N) is 3. The van der Waals surface area contributed by atoms with Crippen LogP contribution in [-0.2, 0) is 4.74 Å². The Morgan fingerprint density at radius 3 is 2.41 bits per heavy atom. The van der Waals surface area contributed by atoms with Crippen molar-refractivity contribution in [3.63, 3.8) is 0 Å². The molecule has 0 bridgehead atoms. The standard InChI is InChI=1S/C15H22FN3O3/c1-15(2,3)22-14(20)19-7-5-18(6-8-19)13-9-11(16)12(21-4)10-17-13/h9-10H,5-8H2,1-4H3. The molecule has 22 heavy (non-hydrogen) atoms. The molecule has 0 atom stereocenters. The molecular formula is C15H22FN3O3. The fourth-order valence-corrected chi connectivity index (χ4v) is 2.18. The Bertz CT molecular complexity index is 537. The van der Waals surface area contributed by atoms with Gasteiger partial charge in [0.1, 0.15) is 11.4 Å². The summed E-state index contributed by atoms with van der Waals surface area (Å²) >= 11 is 0. The summed E-state index contributed by atoms with van der Waals surface area (Å²) in [5.74, 6) is 0.223. The number of methoxy groups -OCH3 is 1.